The van der Waals surface area contributed by atoms with Crippen LogP contribution in [0.1, 0.15) is 49.2 Å². The molecule has 0 unspecified atom stereocenters. The second kappa shape index (κ2) is 9.91. The van der Waals surface area contributed by atoms with Gasteiger partial charge in [-0.15, -0.1) is 0 Å². The number of ether oxygens (including phenoxy) is 1. The van der Waals surface area contributed by atoms with E-state index in [-0.39, 0.29) is 41.1 Å². The lowest BCUT2D eigenvalue weighted by Crippen LogP contribution is -2.15. The Balaban J connectivity index is 1.87. The average Bonchev–Trinajstić information content (AvgIpc) is 3.13. The van der Waals surface area contributed by atoms with E-state index in [4.69, 9.17) is 4.74 Å². The summed E-state index contributed by atoms with van der Waals surface area (Å²) in [5.74, 6) is -0.147. The van der Waals surface area contributed by atoms with Crippen molar-refractivity contribution in [3.63, 3.8) is 0 Å². The molecule has 2 N–H and O–H groups in total. The number of anilines is 2. The van der Waals surface area contributed by atoms with Crippen LogP contribution in [-0.4, -0.2) is 37.1 Å². The highest BCUT2D eigenvalue weighted by molar-refractivity contribution is 7.92. The minimum absolute atomic E-state index is 0.0501. The van der Waals surface area contributed by atoms with E-state index < -0.39 is 10.0 Å². The van der Waals surface area contributed by atoms with E-state index in [2.05, 4.69) is 15.1 Å². The fraction of sp³-hybridized carbons (Fsp3) is 0.320. The predicted octanol–water partition coefficient (Wildman–Crippen LogP) is 4.25. The molecule has 1 aliphatic rings. The van der Waals surface area contributed by atoms with Crippen molar-refractivity contribution in [1.82, 2.24) is 9.78 Å². The molecular formula is C25H28N4O5S. The van der Waals surface area contributed by atoms with Crippen LogP contribution >= 0.6 is 0 Å². The Morgan fingerprint density at radius 3 is 2.60 bits per heavy atom. The molecule has 10 heteroatoms. The largest absolute Gasteiger partial charge is 0.495 e. The van der Waals surface area contributed by atoms with E-state index in [0.717, 1.165) is 12.0 Å². The molecule has 9 nitrogen and oxygen atoms in total. The van der Waals surface area contributed by atoms with Crippen molar-refractivity contribution in [2.75, 3.05) is 17.1 Å². The number of carbonyl (C=O) groups excluding carboxylic acids is 2. The van der Waals surface area contributed by atoms with E-state index >= 15 is 0 Å². The fourth-order valence-corrected chi connectivity index (χ4v) is 5.46. The molecule has 0 bridgehead atoms. The minimum Gasteiger partial charge on any atom is -0.495 e. The van der Waals surface area contributed by atoms with Crippen LogP contribution in [0.3, 0.4) is 0 Å². The molecule has 1 aliphatic heterocycles. The van der Waals surface area contributed by atoms with Crippen LogP contribution in [0.4, 0.5) is 11.5 Å². The summed E-state index contributed by atoms with van der Waals surface area (Å²) in [6, 6.07) is 12.0. The van der Waals surface area contributed by atoms with Gasteiger partial charge in [0.1, 0.15) is 16.5 Å². The van der Waals surface area contributed by atoms with E-state index in [0.29, 0.717) is 35.3 Å². The Hall–Kier alpha value is -3.66. The molecule has 1 aromatic heterocycles. The SMILES string of the molecule is CCCc1nn2c(c1-c1ccc(OC)c(S(=O)(=O)Nc3ccccc3CC)c1)NC(=O)CCC2=O. The normalized spacial score (nSPS) is 13.7. The first kappa shape index (κ1) is 24.5. The summed E-state index contributed by atoms with van der Waals surface area (Å²) in [6.45, 7) is 3.93. The monoisotopic (exact) mass is 496 g/mol. The number of amides is 1. The van der Waals surface area contributed by atoms with E-state index in [1.165, 1.54) is 17.9 Å². The van der Waals surface area contributed by atoms with Gasteiger partial charge in [0.15, 0.2) is 0 Å². The first-order chi connectivity index (χ1) is 16.8. The van der Waals surface area contributed by atoms with Crippen LogP contribution in [0, 0.1) is 0 Å². The van der Waals surface area contributed by atoms with Gasteiger partial charge in [0.25, 0.3) is 10.0 Å². The first-order valence-electron chi connectivity index (χ1n) is 11.5. The van der Waals surface area contributed by atoms with Gasteiger partial charge >= 0.3 is 0 Å². The Bertz CT molecular complexity index is 1390. The minimum atomic E-state index is -4.03. The van der Waals surface area contributed by atoms with Crippen molar-refractivity contribution in [2.24, 2.45) is 0 Å². The zero-order valence-corrected chi connectivity index (χ0v) is 20.7. The molecule has 0 radical (unpaired) electrons. The zero-order valence-electron chi connectivity index (χ0n) is 19.9. The zero-order chi connectivity index (χ0) is 25.2. The molecule has 35 heavy (non-hydrogen) atoms. The van der Waals surface area contributed by atoms with Crippen molar-refractivity contribution in [3.8, 4) is 16.9 Å². The van der Waals surface area contributed by atoms with Crippen LogP contribution in [0.15, 0.2) is 47.4 Å². The number of aromatic nitrogens is 2. The number of hydrogen-bond acceptors (Lipinski definition) is 6. The molecule has 184 valence electrons. The number of carbonyl (C=O) groups is 2. The number of hydrogen-bond donors (Lipinski definition) is 2. The highest BCUT2D eigenvalue weighted by atomic mass is 32.2. The Morgan fingerprint density at radius 1 is 1.11 bits per heavy atom. The van der Waals surface area contributed by atoms with Gasteiger partial charge in [0.2, 0.25) is 11.8 Å². The van der Waals surface area contributed by atoms with Gasteiger partial charge in [-0.2, -0.15) is 9.78 Å². The molecule has 1 amide bonds. The topological polar surface area (TPSA) is 119 Å². The molecular weight excluding hydrogens is 468 g/mol. The summed E-state index contributed by atoms with van der Waals surface area (Å²) in [7, 11) is -2.63. The maximum absolute atomic E-state index is 13.5. The third-order valence-corrected chi connectivity index (χ3v) is 7.28. The molecule has 0 aliphatic carbocycles. The van der Waals surface area contributed by atoms with Gasteiger partial charge in [-0.05, 0) is 42.2 Å². The highest BCUT2D eigenvalue weighted by Gasteiger charge is 2.29. The second-order valence-corrected chi connectivity index (χ2v) is 9.91. The molecule has 3 aromatic rings. The van der Waals surface area contributed by atoms with Crippen LogP contribution in [-0.2, 0) is 27.7 Å². The number of methoxy groups -OCH3 is 1. The molecule has 0 spiro atoms. The third kappa shape index (κ3) is 4.79. The molecule has 2 aromatic carbocycles. The van der Waals surface area contributed by atoms with E-state index in [1.807, 2.05) is 26.0 Å². The van der Waals surface area contributed by atoms with Gasteiger partial charge in [-0.1, -0.05) is 44.5 Å². The highest BCUT2D eigenvalue weighted by Crippen LogP contribution is 2.38. The Kier molecular flexibility index (Phi) is 6.93. The molecule has 4 rings (SSSR count). The van der Waals surface area contributed by atoms with Crippen LogP contribution in [0.25, 0.3) is 11.1 Å². The maximum Gasteiger partial charge on any atom is 0.265 e. The second-order valence-electron chi connectivity index (χ2n) is 8.26. The van der Waals surface area contributed by atoms with Gasteiger partial charge < -0.3 is 10.1 Å². The smallest absolute Gasteiger partial charge is 0.265 e. The van der Waals surface area contributed by atoms with Crippen molar-refractivity contribution in [2.45, 2.75) is 50.8 Å². The lowest BCUT2D eigenvalue weighted by atomic mass is 10.0. The van der Waals surface area contributed by atoms with Gasteiger partial charge in [-0.25, -0.2) is 8.42 Å². The van der Waals surface area contributed by atoms with Crippen molar-refractivity contribution in [3.05, 3.63) is 53.7 Å². The van der Waals surface area contributed by atoms with Crippen molar-refractivity contribution < 1.29 is 22.7 Å². The van der Waals surface area contributed by atoms with Gasteiger partial charge in [-0.3, -0.25) is 14.3 Å². The number of nitrogens with zero attached hydrogens (tertiary/aromatic N) is 2. The summed E-state index contributed by atoms with van der Waals surface area (Å²) in [4.78, 5) is 24.9. The third-order valence-electron chi connectivity index (χ3n) is 5.89. The van der Waals surface area contributed by atoms with Crippen molar-refractivity contribution in [1.29, 1.82) is 0 Å². The fourth-order valence-electron chi connectivity index (χ4n) is 4.17. The molecule has 0 saturated heterocycles. The Labute approximate surface area is 204 Å². The number of benzene rings is 2. The lowest BCUT2D eigenvalue weighted by Gasteiger charge is -2.15. The number of para-hydroxylation sites is 1. The summed E-state index contributed by atoms with van der Waals surface area (Å²) in [5, 5.41) is 7.26. The lowest BCUT2D eigenvalue weighted by molar-refractivity contribution is -0.116. The van der Waals surface area contributed by atoms with Crippen LogP contribution in [0.2, 0.25) is 0 Å². The van der Waals surface area contributed by atoms with E-state index in [1.54, 1.807) is 24.3 Å². The standard InChI is InChI=1S/C25H28N4O5S/c1-4-8-19-24(25-26-22(30)13-14-23(31)29(25)27-19)17-11-12-20(34-3)21(15-17)35(32,33)28-18-10-7-6-9-16(18)5-2/h6-7,9-12,15,28H,4-5,8,13-14H2,1-3H3,(H,26,30). The van der Waals surface area contributed by atoms with Gasteiger partial charge in [0.05, 0.1) is 18.5 Å². The molecule has 0 fully saturated rings. The van der Waals surface area contributed by atoms with Gasteiger partial charge in [0, 0.05) is 18.4 Å². The molecule has 2 heterocycles. The summed E-state index contributed by atoms with van der Waals surface area (Å²) >= 11 is 0. The summed E-state index contributed by atoms with van der Waals surface area (Å²) < 4.78 is 36.3. The summed E-state index contributed by atoms with van der Waals surface area (Å²) in [6.07, 6.45) is 2.08. The van der Waals surface area contributed by atoms with Crippen molar-refractivity contribution >= 4 is 33.3 Å². The quantitative estimate of drug-likeness (QED) is 0.481. The summed E-state index contributed by atoms with van der Waals surface area (Å²) in [5.41, 5.74) is 3.00. The number of nitrogens with one attached hydrogen (secondary N) is 2. The Morgan fingerprint density at radius 2 is 1.89 bits per heavy atom. The predicted molar refractivity (Wildman–Crippen MR) is 133 cm³/mol. The number of fused-ring (bicyclic) bond motifs is 1. The molecule has 0 saturated carbocycles. The van der Waals surface area contributed by atoms with Crippen LogP contribution < -0.4 is 14.8 Å². The number of aryl methyl sites for hydroxylation is 2. The number of sulfonamides is 1. The number of rotatable bonds is 8. The van der Waals surface area contributed by atoms with Crippen LogP contribution in [0.5, 0.6) is 5.75 Å². The van der Waals surface area contributed by atoms with E-state index in [9.17, 15) is 18.0 Å². The maximum atomic E-state index is 13.5. The first-order valence-corrected chi connectivity index (χ1v) is 13.0. The molecule has 0 atom stereocenters. The average molecular weight is 497 g/mol.